The van der Waals surface area contributed by atoms with E-state index in [2.05, 4.69) is 20.2 Å². The van der Waals surface area contributed by atoms with Gasteiger partial charge in [0.15, 0.2) is 17.3 Å². The molecule has 0 aliphatic carbocycles. The minimum absolute atomic E-state index is 0.00337. The van der Waals surface area contributed by atoms with Gasteiger partial charge >= 0.3 is 0 Å². The standard InChI is InChI=1S/C16H15N7/c17-14-13(15(18)21-16(19)20-14)23-22-12-9-5-4-8-11(12)10-6-2-1-3-7-10/h1-9H,(H6,17,18,19,20,21). The van der Waals surface area contributed by atoms with Crippen LogP contribution in [0.2, 0.25) is 0 Å². The van der Waals surface area contributed by atoms with Crippen molar-refractivity contribution in [2.24, 2.45) is 10.2 Å². The molecule has 0 spiro atoms. The Labute approximate surface area is 132 Å². The summed E-state index contributed by atoms with van der Waals surface area (Å²) in [6.45, 7) is 0. The second-order valence-electron chi connectivity index (χ2n) is 4.78. The van der Waals surface area contributed by atoms with E-state index in [0.717, 1.165) is 11.1 Å². The first kappa shape index (κ1) is 14.5. The topological polar surface area (TPSA) is 129 Å². The maximum Gasteiger partial charge on any atom is 0.224 e. The Balaban J connectivity index is 2.02. The zero-order valence-electron chi connectivity index (χ0n) is 12.2. The quantitative estimate of drug-likeness (QED) is 0.639. The lowest BCUT2D eigenvalue weighted by Gasteiger charge is -2.06. The maximum absolute atomic E-state index is 5.77. The van der Waals surface area contributed by atoms with Crippen molar-refractivity contribution in [3.8, 4) is 11.1 Å². The van der Waals surface area contributed by atoms with E-state index in [-0.39, 0.29) is 23.3 Å². The molecule has 0 aliphatic heterocycles. The summed E-state index contributed by atoms with van der Waals surface area (Å²) in [5.41, 5.74) is 19.9. The van der Waals surface area contributed by atoms with E-state index >= 15 is 0 Å². The maximum atomic E-state index is 5.77. The smallest absolute Gasteiger partial charge is 0.224 e. The van der Waals surface area contributed by atoms with Crippen LogP contribution in [0.4, 0.5) is 29.0 Å². The highest BCUT2D eigenvalue weighted by Gasteiger charge is 2.09. The number of nitrogen functional groups attached to an aromatic ring is 3. The van der Waals surface area contributed by atoms with E-state index in [1.165, 1.54) is 0 Å². The van der Waals surface area contributed by atoms with Gasteiger partial charge in [0.2, 0.25) is 5.95 Å². The summed E-state index contributed by atoms with van der Waals surface area (Å²) < 4.78 is 0. The van der Waals surface area contributed by atoms with E-state index in [1.54, 1.807) is 0 Å². The third-order valence-electron chi connectivity index (χ3n) is 3.20. The molecule has 0 amide bonds. The Kier molecular flexibility index (Phi) is 3.84. The Morgan fingerprint density at radius 2 is 1.30 bits per heavy atom. The lowest BCUT2D eigenvalue weighted by atomic mass is 10.0. The summed E-state index contributed by atoms with van der Waals surface area (Å²) in [4.78, 5) is 7.68. The number of rotatable bonds is 3. The molecule has 0 aliphatic rings. The van der Waals surface area contributed by atoms with Crippen LogP contribution in [0, 0.1) is 0 Å². The van der Waals surface area contributed by atoms with Crippen LogP contribution >= 0.6 is 0 Å². The summed E-state index contributed by atoms with van der Waals surface area (Å²) in [6, 6.07) is 17.5. The lowest BCUT2D eigenvalue weighted by molar-refractivity contribution is 1.15. The average Bonchev–Trinajstić information content (AvgIpc) is 2.55. The Hall–Kier alpha value is -3.48. The SMILES string of the molecule is Nc1nc(N)c(N=Nc2ccccc2-c2ccccc2)c(N)n1. The molecule has 7 heteroatoms. The number of anilines is 3. The number of hydrogen-bond acceptors (Lipinski definition) is 7. The number of nitrogens with two attached hydrogens (primary N) is 3. The molecule has 1 aromatic heterocycles. The molecule has 0 fully saturated rings. The third-order valence-corrected chi connectivity index (χ3v) is 3.20. The summed E-state index contributed by atoms with van der Waals surface area (Å²) in [5, 5.41) is 8.35. The van der Waals surface area contributed by atoms with Gasteiger partial charge in [-0.05, 0) is 11.6 Å². The van der Waals surface area contributed by atoms with Crippen molar-refractivity contribution in [2.75, 3.05) is 17.2 Å². The highest BCUT2D eigenvalue weighted by molar-refractivity contribution is 5.76. The van der Waals surface area contributed by atoms with Gasteiger partial charge in [-0.1, -0.05) is 48.5 Å². The zero-order chi connectivity index (χ0) is 16.2. The van der Waals surface area contributed by atoms with Gasteiger partial charge in [-0.25, -0.2) is 0 Å². The molecular formula is C16H15N7. The lowest BCUT2D eigenvalue weighted by Crippen LogP contribution is -2.03. The normalized spacial score (nSPS) is 11.0. The Morgan fingerprint density at radius 3 is 2.00 bits per heavy atom. The van der Waals surface area contributed by atoms with E-state index in [9.17, 15) is 0 Å². The van der Waals surface area contributed by atoms with Gasteiger partial charge in [0.25, 0.3) is 0 Å². The van der Waals surface area contributed by atoms with E-state index < -0.39 is 0 Å². The summed E-state index contributed by atoms with van der Waals surface area (Å²) in [6.07, 6.45) is 0. The second-order valence-corrected chi connectivity index (χ2v) is 4.78. The van der Waals surface area contributed by atoms with Gasteiger partial charge in [-0.15, -0.1) is 10.2 Å². The first-order valence-electron chi connectivity index (χ1n) is 6.90. The highest BCUT2D eigenvalue weighted by Crippen LogP contribution is 2.33. The molecule has 1 heterocycles. The van der Waals surface area contributed by atoms with Crippen LogP contribution < -0.4 is 17.2 Å². The van der Waals surface area contributed by atoms with Gasteiger partial charge in [0.1, 0.15) is 0 Å². The molecule has 7 nitrogen and oxygen atoms in total. The Bertz CT molecular complexity index is 836. The molecule has 3 aromatic rings. The summed E-state index contributed by atoms with van der Waals surface area (Å²) in [7, 11) is 0. The van der Waals surface area contributed by atoms with Crippen molar-refractivity contribution in [3.05, 3.63) is 54.6 Å². The van der Waals surface area contributed by atoms with Crippen LogP contribution in [0.3, 0.4) is 0 Å². The van der Waals surface area contributed by atoms with E-state index in [0.29, 0.717) is 5.69 Å². The molecule has 0 atom stereocenters. The van der Waals surface area contributed by atoms with Crippen LogP contribution in [0.1, 0.15) is 0 Å². The van der Waals surface area contributed by atoms with Crippen LogP contribution in [-0.4, -0.2) is 9.97 Å². The molecule has 23 heavy (non-hydrogen) atoms. The average molecular weight is 305 g/mol. The molecular weight excluding hydrogens is 290 g/mol. The fourth-order valence-corrected chi connectivity index (χ4v) is 2.14. The fraction of sp³-hybridized carbons (Fsp3) is 0. The van der Waals surface area contributed by atoms with Crippen LogP contribution in [-0.2, 0) is 0 Å². The minimum atomic E-state index is 0.00337. The summed E-state index contributed by atoms with van der Waals surface area (Å²) in [5.74, 6) is 0.190. The second kappa shape index (κ2) is 6.10. The van der Waals surface area contributed by atoms with Crippen LogP contribution in [0.25, 0.3) is 11.1 Å². The minimum Gasteiger partial charge on any atom is -0.382 e. The molecule has 0 saturated heterocycles. The monoisotopic (exact) mass is 305 g/mol. The predicted molar refractivity (Wildman–Crippen MR) is 91.3 cm³/mol. The first-order valence-corrected chi connectivity index (χ1v) is 6.90. The van der Waals surface area contributed by atoms with Crippen molar-refractivity contribution in [1.29, 1.82) is 0 Å². The van der Waals surface area contributed by atoms with Crippen molar-refractivity contribution in [3.63, 3.8) is 0 Å². The van der Waals surface area contributed by atoms with Gasteiger partial charge in [-0.3, -0.25) is 0 Å². The van der Waals surface area contributed by atoms with Crippen molar-refractivity contribution in [1.82, 2.24) is 9.97 Å². The van der Waals surface area contributed by atoms with Crippen molar-refractivity contribution < 1.29 is 0 Å². The van der Waals surface area contributed by atoms with Crippen LogP contribution in [0.5, 0.6) is 0 Å². The van der Waals surface area contributed by atoms with E-state index in [4.69, 9.17) is 17.2 Å². The molecule has 3 rings (SSSR count). The van der Waals surface area contributed by atoms with Gasteiger partial charge in [0.05, 0.1) is 5.69 Å². The number of hydrogen-bond donors (Lipinski definition) is 3. The summed E-state index contributed by atoms with van der Waals surface area (Å²) >= 11 is 0. The fourth-order valence-electron chi connectivity index (χ4n) is 2.14. The molecule has 0 bridgehead atoms. The highest BCUT2D eigenvalue weighted by atomic mass is 15.2. The molecule has 0 unspecified atom stereocenters. The third kappa shape index (κ3) is 3.08. The molecule has 6 N–H and O–H groups in total. The molecule has 2 aromatic carbocycles. The van der Waals surface area contributed by atoms with Crippen molar-refractivity contribution in [2.45, 2.75) is 0 Å². The Morgan fingerprint density at radius 1 is 0.696 bits per heavy atom. The molecule has 0 radical (unpaired) electrons. The number of azo groups is 1. The number of benzene rings is 2. The zero-order valence-corrected chi connectivity index (χ0v) is 12.2. The van der Waals surface area contributed by atoms with Crippen LogP contribution in [0.15, 0.2) is 64.8 Å². The number of nitrogens with zero attached hydrogens (tertiary/aromatic N) is 4. The van der Waals surface area contributed by atoms with E-state index in [1.807, 2.05) is 54.6 Å². The van der Waals surface area contributed by atoms with Crippen molar-refractivity contribution >= 4 is 29.0 Å². The largest absolute Gasteiger partial charge is 0.382 e. The van der Waals surface area contributed by atoms with Gasteiger partial charge in [0, 0.05) is 5.56 Å². The van der Waals surface area contributed by atoms with Gasteiger partial charge in [-0.2, -0.15) is 9.97 Å². The number of aromatic nitrogens is 2. The first-order chi connectivity index (χ1) is 11.1. The predicted octanol–water partition coefficient (Wildman–Crippen LogP) is 3.31. The molecule has 114 valence electrons. The van der Waals surface area contributed by atoms with Gasteiger partial charge < -0.3 is 17.2 Å². The molecule has 0 saturated carbocycles.